The van der Waals surface area contributed by atoms with Gasteiger partial charge in [0.2, 0.25) is 0 Å². The molecular formula is C11H22N+. The molecule has 1 aliphatic heterocycles. The van der Waals surface area contributed by atoms with Gasteiger partial charge in [-0.05, 0) is 13.3 Å². The first kappa shape index (κ1) is 8.55. The van der Waals surface area contributed by atoms with Gasteiger partial charge in [0.1, 0.15) is 5.54 Å². The highest BCUT2D eigenvalue weighted by molar-refractivity contribution is 5.06. The second-order valence-electron chi connectivity index (χ2n) is 6.10. The molecule has 2 aliphatic rings. The second-order valence-corrected chi connectivity index (χ2v) is 6.10. The van der Waals surface area contributed by atoms with Gasteiger partial charge in [0.15, 0.2) is 0 Å². The highest BCUT2D eigenvalue weighted by atomic mass is 15.4. The van der Waals surface area contributed by atoms with Crippen LogP contribution in [-0.4, -0.2) is 30.7 Å². The number of hydrogen-bond acceptors (Lipinski definition) is 0. The van der Waals surface area contributed by atoms with Gasteiger partial charge in [-0.25, -0.2) is 0 Å². The third-order valence-electron chi connectivity index (χ3n) is 5.40. The van der Waals surface area contributed by atoms with Crippen LogP contribution in [0, 0.1) is 11.3 Å². The van der Waals surface area contributed by atoms with Gasteiger partial charge in [-0.3, -0.25) is 0 Å². The summed E-state index contributed by atoms with van der Waals surface area (Å²) in [5, 5.41) is 0. The lowest BCUT2D eigenvalue weighted by Crippen LogP contribution is -2.57. The molecule has 2 atom stereocenters. The van der Waals surface area contributed by atoms with Gasteiger partial charge in [0.05, 0.1) is 20.6 Å². The van der Waals surface area contributed by atoms with E-state index in [9.17, 15) is 0 Å². The molecule has 0 aromatic heterocycles. The summed E-state index contributed by atoms with van der Waals surface area (Å²) < 4.78 is 1.24. The van der Waals surface area contributed by atoms with Gasteiger partial charge in [0, 0.05) is 17.8 Å². The van der Waals surface area contributed by atoms with Crippen molar-refractivity contribution in [2.75, 3.05) is 20.6 Å². The Hall–Kier alpha value is -0.0400. The Kier molecular flexibility index (Phi) is 1.35. The molecule has 1 heterocycles. The molecule has 12 heavy (non-hydrogen) atoms. The highest BCUT2D eigenvalue weighted by Crippen LogP contribution is 2.60. The topological polar surface area (TPSA) is 0 Å². The van der Waals surface area contributed by atoms with Gasteiger partial charge in [-0.2, -0.15) is 0 Å². The van der Waals surface area contributed by atoms with Crippen molar-refractivity contribution in [3.8, 4) is 0 Å². The fourth-order valence-electron chi connectivity index (χ4n) is 3.73. The van der Waals surface area contributed by atoms with Crippen molar-refractivity contribution in [1.29, 1.82) is 0 Å². The van der Waals surface area contributed by atoms with E-state index in [0.717, 1.165) is 5.92 Å². The number of hydrogen-bond donors (Lipinski definition) is 0. The van der Waals surface area contributed by atoms with Crippen LogP contribution in [0.1, 0.15) is 33.6 Å². The maximum absolute atomic E-state index is 2.49. The molecule has 0 amide bonds. The van der Waals surface area contributed by atoms with Crippen LogP contribution in [0.4, 0.5) is 0 Å². The molecule has 1 aliphatic carbocycles. The van der Waals surface area contributed by atoms with Crippen molar-refractivity contribution in [2.45, 2.75) is 39.2 Å². The number of likely N-dealkylation sites (tertiary alicyclic amines) is 1. The Balaban J connectivity index is 2.47. The Bertz CT molecular complexity index is 217. The summed E-state index contributed by atoms with van der Waals surface area (Å²) in [6.45, 7) is 8.82. The zero-order valence-electron chi connectivity index (χ0n) is 9.15. The Morgan fingerprint density at radius 2 is 1.75 bits per heavy atom. The van der Waals surface area contributed by atoms with E-state index in [-0.39, 0.29) is 0 Å². The van der Waals surface area contributed by atoms with E-state index < -0.39 is 0 Å². The molecule has 0 aromatic carbocycles. The summed E-state index contributed by atoms with van der Waals surface area (Å²) >= 11 is 0. The lowest BCUT2D eigenvalue weighted by atomic mass is 9.74. The van der Waals surface area contributed by atoms with Gasteiger partial charge in [-0.15, -0.1) is 0 Å². The van der Waals surface area contributed by atoms with Crippen molar-refractivity contribution < 1.29 is 4.48 Å². The molecular weight excluding hydrogens is 146 g/mol. The summed E-state index contributed by atoms with van der Waals surface area (Å²) in [6, 6.07) is 0. The second kappa shape index (κ2) is 1.89. The predicted molar refractivity (Wildman–Crippen MR) is 51.9 cm³/mol. The fraction of sp³-hybridized carbons (Fsp3) is 1.00. The van der Waals surface area contributed by atoms with Crippen molar-refractivity contribution in [3.05, 3.63) is 0 Å². The number of rotatable bonds is 0. The number of quaternary nitrogens is 1. The average molecular weight is 168 g/mol. The van der Waals surface area contributed by atoms with Gasteiger partial charge in [0.25, 0.3) is 0 Å². The summed E-state index contributed by atoms with van der Waals surface area (Å²) in [5.41, 5.74) is 1.11. The molecule has 2 rings (SSSR count). The van der Waals surface area contributed by atoms with Crippen LogP contribution in [0.25, 0.3) is 0 Å². The smallest absolute Gasteiger partial charge is 0.102 e. The molecule has 0 spiro atoms. The van der Waals surface area contributed by atoms with E-state index in [4.69, 9.17) is 0 Å². The van der Waals surface area contributed by atoms with Crippen LogP contribution in [0.3, 0.4) is 0 Å². The van der Waals surface area contributed by atoms with Crippen LogP contribution >= 0.6 is 0 Å². The van der Waals surface area contributed by atoms with Crippen LogP contribution in [-0.2, 0) is 0 Å². The molecule has 70 valence electrons. The zero-order chi connectivity index (χ0) is 9.20. The number of piperidine rings is 1. The fourth-order valence-corrected chi connectivity index (χ4v) is 3.73. The predicted octanol–water partition coefficient (Wildman–Crippen LogP) is 2.27. The monoisotopic (exact) mass is 168 g/mol. The van der Waals surface area contributed by atoms with Crippen LogP contribution in [0.2, 0.25) is 0 Å². The molecule has 2 bridgehead atoms. The van der Waals surface area contributed by atoms with E-state index in [1.165, 1.54) is 23.9 Å². The summed E-state index contributed by atoms with van der Waals surface area (Å²) in [7, 11) is 4.81. The van der Waals surface area contributed by atoms with E-state index in [0.29, 0.717) is 11.0 Å². The van der Waals surface area contributed by atoms with E-state index in [1.807, 2.05) is 0 Å². The molecule has 0 N–H and O–H groups in total. The van der Waals surface area contributed by atoms with E-state index >= 15 is 0 Å². The van der Waals surface area contributed by atoms with Gasteiger partial charge >= 0.3 is 0 Å². The SMILES string of the molecule is CC1(C)C2CCC1(C)[N+](C)(C)C2. The number of nitrogens with zero attached hydrogens (tertiary/aromatic N) is 1. The zero-order valence-corrected chi connectivity index (χ0v) is 9.15. The summed E-state index contributed by atoms with van der Waals surface area (Å²) in [4.78, 5) is 0. The molecule has 0 radical (unpaired) electrons. The molecule has 0 aromatic rings. The first-order valence-corrected chi connectivity index (χ1v) is 5.14. The molecule has 1 heteroatoms. The Morgan fingerprint density at radius 3 is 1.92 bits per heavy atom. The van der Waals surface area contributed by atoms with Gasteiger partial charge < -0.3 is 4.48 Å². The Morgan fingerprint density at radius 1 is 1.17 bits per heavy atom. The first-order valence-electron chi connectivity index (χ1n) is 5.14. The third-order valence-corrected chi connectivity index (χ3v) is 5.40. The minimum Gasteiger partial charge on any atom is -0.323 e. The van der Waals surface area contributed by atoms with Crippen LogP contribution < -0.4 is 0 Å². The van der Waals surface area contributed by atoms with E-state index in [1.54, 1.807) is 0 Å². The molecule has 1 nitrogen and oxygen atoms in total. The van der Waals surface area contributed by atoms with E-state index in [2.05, 4.69) is 34.9 Å². The lowest BCUT2D eigenvalue weighted by Gasteiger charge is -2.46. The van der Waals surface area contributed by atoms with Crippen molar-refractivity contribution in [2.24, 2.45) is 11.3 Å². The quantitative estimate of drug-likeness (QED) is 0.487. The minimum absolute atomic E-state index is 0.539. The summed E-state index contributed by atoms with van der Waals surface area (Å²) in [5.74, 6) is 0.970. The van der Waals surface area contributed by atoms with Crippen molar-refractivity contribution >= 4 is 0 Å². The van der Waals surface area contributed by atoms with Crippen LogP contribution in [0.15, 0.2) is 0 Å². The van der Waals surface area contributed by atoms with Crippen molar-refractivity contribution in [3.63, 3.8) is 0 Å². The lowest BCUT2D eigenvalue weighted by molar-refractivity contribution is -0.935. The standard InChI is InChI=1S/C11H22N/c1-10(2)9-6-7-11(10,3)12(4,5)8-9/h9H,6-8H2,1-5H3/q+1. The molecule has 1 saturated heterocycles. The van der Waals surface area contributed by atoms with Crippen molar-refractivity contribution in [1.82, 2.24) is 0 Å². The average Bonchev–Trinajstić information content (AvgIpc) is 2.18. The molecule has 1 saturated carbocycles. The van der Waals surface area contributed by atoms with Crippen LogP contribution in [0.5, 0.6) is 0 Å². The third kappa shape index (κ3) is 0.654. The Labute approximate surface area is 76.3 Å². The first-order chi connectivity index (χ1) is 5.31. The maximum Gasteiger partial charge on any atom is 0.102 e. The summed E-state index contributed by atoms with van der Waals surface area (Å²) in [6.07, 6.45) is 2.89. The largest absolute Gasteiger partial charge is 0.323 e. The molecule has 2 unspecified atom stereocenters. The molecule has 2 fully saturated rings. The minimum atomic E-state index is 0.539. The van der Waals surface area contributed by atoms with Gasteiger partial charge in [-0.1, -0.05) is 13.8 Å². The highest BCUT2D eigenvalue weighted by Gasteiger charge is 2.67. The number of fused-ring (bicyclic) bond motifs is 2. The normalized spacial score (nSPS) is 48.2. The maximum atomic E-state index is 2.49.